The molecule has 3 heterocycles. The number of rotatable bonds is 5. The van der Waals surface area contributed by atoms with Crippen LogP contribution in [-0.2, 0) is 17.8 Å². The first-order valence-electron chi connectivity index (χ1n) is 10.4. The van der Waals surface area contributed by atoms with Crippen molar-refractivity contribution in [2.45, 2.75) is 39.2 Å². The van der Waals surface area contributed by atoms with Crippen molar-refractivity contribution in [1.29, 1.82) is 0 Å². The van der Waals surface area contributed by atoms with Gasteiger partial charge in [-0.25, -0.2) is 4.98 Å². The summed E-state index contributed by atoms with van der Waals surface area (Å²) in [7, 11) is 0. The number of likely N-dealkylation sites (tertiary alicyclic amines) is 1. The van der Waals surface area contributed by atoms with Crippen molar-refractivity contribution < 1.29 is 14.3 Å². The standard InChI is InChI=1S/C22H28N4O3/c1-16-23-8-11-26(16)15-21(27)24-14-17-6-9-25(10-7-17)22(28)19-4-5-20-18(13-19)3-2-12-29-20/h4-5,8,11,13,17H,2-3,6-7,9-10,12,14-15H2,1H3,(H,24,27). The first kappa shape index (κ1) is 19.5. The van der Waals surface area contributed by atoms with Crippen molar-refractivity contribution in [3.05, 3.63) is 47.5 Å². The fraction of sp³-hybridized carbons (Fsp3) is 0.500. The molecule has 7 nitrogen and oxygen atoms in total. The normalized spacial score (nSPS) is 16.8. The molecule has 0 unspecified atom stereocenters. The summed E-state index contributed by atoms with van der Waals surface area (Å²) in [5, 5.41) is 3.02. The zero-order valence-electron chi connectivity index (χ0n) is 16.9. The number of hydrogen-bond donors (Lipinski definition) is 1. The second-order valence-corrected chi connectivity index (χ2v) is 7.92. The van der Waals surface area contributed by atoms with Crippen molar-refractivity contribution in [1.82, 2.24) is 19.8 Å². The van der Waals surface area contributed by atoms with Gasteiger partial charge in [0.2, 0.25) is 5.91 Å². The molecule has 1 N–H and O–H groups in total. The van der Waals surface area contributed by atoms with E-state index < -0.39 is 0 Å². The highest BCUT2D eigenvalue weighted by Crippen LogP contribution is 2.27. The molecule has 4 rings (SSSR count). The van der Waals surface area contributed by atoms with E-state index in [4.69, 9.17) is 4.74 Å². The van der Waals surface area contributed by atoms with Crippen LogP contribution in [0.4, 0.5) is 0 Å². The lowest BCUT2D eigenvalue weighted by Gasteiger charge is -2.32. The lowest BCUT2D eigenvalue weighted by atomic mass is 9.95. The Morgan fingerprint density at radius 3 is 2.86 bits per heavy atom. The first-order valence-corrected chi connectivity index (χ1v) is 10.4. The number of nitrogens with zero attached hydrogens (tertiary/aromatic N) is 3. The van der Waals surface area contributed by atoms with Crippen LogP contribution in [0.3, 0.4) is 0 Å². The predicted octanol–water partition coefficient (Wildman–Crippen LogP) is 2.19. The van der Waals surface area contributed by atoms with Crippen LogP contribution in [0.5, 0.6) is 5.75 Å². The molecule has 29 heavy (non-hydrogen) atoms. The van der Waals surface area contributed by atoms with Crippen LogP contribution in [0.25, 0.3) is 0 Å². The Bertz CT molecular complexity index is 884. The average molecular weight is 396 g/mol. The predicted molar refractivity (Wildman–Crippen MR) is 109 cm³/mol. The second kappa shape index (κ2) is 8.68. The fourth-order valence-electron chi connectivity index (χ4n) is 4.06. The summed E-state index contributed by atoms with van der Waals surface area (Å²) in [4.78, 5) is 31.1. The van der Waals surface area contributed by atoms with Gasteiger partial charge in [-0.3, -0.25) is 9.59 Å². The number of amides is 2. The molecule has 2 aromatic rings. The van der Waals surface area contributed by atoms with E-state index in [0.29, 0.717) is 19.0 Å². The third kappa shape index (κ3) is 4.60. The van der Waals surface area contributed by atoms with Gasteiger partial charge in [-0.1, -0.05) is 0 Å². The summed E-state index contributed by atoms with van der Waals surface area (Å²) in [5.41, 5.74) is 1.88. The Hall–Kier alpha value is -2.83. The number of aryl methyl sites for hydroxylation is 2. The lowest BCUT2D eigenvalue weighted by Crippen LogP contribution is -2.42. The molecule has 1 fully saturated rings. The molecule has 0 spiro atoms. The molecule has 0 atom stereocenters. The fourth-order valence-corrected chi connectivity index (χ4v) is 4.06. The van der Waals surface area contributed by atoms with Gasteiger partial charge in [0.05, 0.1) is 6.61 Å². The van der Waals surface area contributed by atoms with Gasteiger partial charge in [0, 0.05) is 37.6 Å². The summed E-state index contributed by atoms with van der Waals surface area (Å²) in [6.45, 7) is 5.05. The van der Waals surface area contributed by atoms with Crippen LogP contribution >= 0.6 is 0 Å². The lowest BCUT2D eigenvalue weighted by molar-refractivity contribution is -0.121. The highest BCUT2D eigenvalue weighted by atomic mass is 16.5. The second-order valence-electron chi connectivity index (χ2n) is 7.92. The quantitative estimate of drug-likeness (QED) is 0.841. The molecule has 1 aromatic heterocycles. The van der Waals surface area contributed by atoms with Gasteiger partial charge in [0.25, 0.3) is 5.91 Å². The number of nitrogens with one attached hydrogen (secondary N) is 1. The van der Waals surface area contributed by atoms with E-state index in [2.05, 4.69) is 10.3 Å². The number of carbonyl (C=O) groups excluding carboxylic acids is 2. The SMILES string of the molecule is Cc1nccn1CC(=O)NCC1CCN(C(=O)c2ccc3c(c2)CCCO3)CC1. The summed E-state index contributed by atoms with van der Waals surface area (Å²) >= 11 is 0. The highest BCUT2D eigenvalue weighted by molar-refractivity contribution is 5.94. The number of ether oxygens (including phenoxy) is 1. The topological polar surface area (TPSA) is 76.5 Å². The summed E-state index contributed by atoms with van der Waals surface area (Å²) in [6.07, 6.45) is 7.30. The number of piperidine rings is 1. The zero-order valence-corrected chi connectivity index (χ0v) is 16.9. The first-order chi connectivity index (χ1) is 14.1. The van der Waals surface area contributed by atoms with Crippen LogP contribution < -0.4 is 10.1 Å². The summed E-state index contributed by atoms with van der Waals surface area (Å²) in [6, 6.07) is 5.78. The Labute approximate surface area is 171 Å². The largest absolute Gasteiger partial charge is 0.493 e. The van der Waals surface area contributed by atoms with Crippen LogP contribution in [0.15, 0.2) is 30.6 Å². The Morgan fingerprint density at radius 2 is 2.10 bits per heavy atom. The molecule has 2 aliphatic heterocycles. The van der Waals surface area contributed by atoms with Gasteiger partial charge >= 0.3 is 0 Å². The molecule has 2 aliphatic rings. The van der Waals surface area contributed by atoms with Gasteiger partial charge in [0.15, 0.2) is 0 Å². The Kier molecular flexibility index (Phi) is 5.83. The maximum Gasteiger partial charge on any atom is 0.253 e. The van der Waals surface area contributed by atoms with Gasteiger partial charge < -0.3 is 19.5 Å². The molecule has 1 saturated heterocycles. The Balaban J connectivity index is 1.24. The maximum absolute atomic E-state index is 12.9. The molecular formula is C22H28N4O3. The van der Waals surface area contributed by atoms with Crippen LogP contribution in [0.1, 0.15) is 41.0 Å². The van der Waals surface area contributed by atoms with E-state index >= 15 is 0 Å². The number of benzene rings is 1. The molecule has 0 radical (unpaired) electrons. The van der Waals surface area contributed by atoms with Crippen molar-refractivity contribution in [3.8, 4) is 5.75 Å². The van der Waals surface area contributed by atoms with Crippen LogP contribution in [-0.4, -0.2) is 52.5 Å². The van der Waals surface area contributed by atoms with Crippen molar-refractivity contribution >= 4 is 11.8 Å². The molecule has 0 bridgehead atoms. The number of aromatic nitrogens is 2. The summed E-state index contributed by atoms with van der Waals surface area (Å²) < 4.78 is 7.47. The van der Waals surface area contributed by atoms with E-state index in [1.165, 1.54) is 0 Å². The molecule has 1 aromatic carbocycles. The number of hydrogen-bond acceptors (Lipinski definition) is 4. The molecule has 7 heteroatoms. The molecular weight excluding hydrogens is 368 g/mol. The van der Waals surface area contributed by atoms with Gasteiger partial charge in [-0.15, -0.1) is 0 Å². The van der Waals surface area contributed by atoms with E-state index in [1.807, 2.05) is 40.8 Å². The summed E-state index contributed by atoms with van der Waals surface area (Å²) in [5.74, 6) is 2.25. The van der Waals surface area contributed by atoms with E-state index in [-0.39, 0.29) is 11.8 Å². The third-order valence-corrected chi connectivity index (χ3v) is 5.88. The third-order valence-electron chi connectivity index (χ3n) is 5.88. The van der Waals surface area contributed by atoms with E-state index in [0.717, 1.165) is 68.1 Å². The monoisotopic (exact) mass is 396 g/mol. The van der Waals surface area contributed by atoms with Crippen LogP contribution in [0, 0.1) is 12.8 Å². The van der Waals surface area contributed by atoms with Gasteiger partial charge in [-0.05, 0) is 62.3 Å². The van der Waals surface area contributed by atoms with Crippen molar-refractivity contribution in [2.24, 2.45) is 5.92 Å². The molecule has 2 amide bonds. The minimum absolute atomic E-state index is 0.000819. The zero-order chi connectivity index (χ0) is 20.2. The van der Waals surface area contributed by atoms with Gasteiger partial charge in [0.1, 0.15) is 18.1 Å². The maximum atomic E-state index is 12.9. The molecule has 154 valence electrons. The minimum atomic E-state index is 0.000819. The average Bonchev–Trinajstić information content (AvgIpc) is 3.16. The highest BCUT2D eigenvalue weighted by Gasteiger charge is 2.25. The number of carbonyl (C=O) groups is 2. The van der Waals surface area contributed by atoms with Crippen molar-refractivity contribution in [2.75, 3.05) is 26.2 Å². The smallest absolute Gasteiger partial charge is 0.253 e. The Morgan fingerprint density at radius 1 is 1.28 bits per heavy atom. The van der Waals surface area contributed by atoms with Gasteiger partial charge in [-0.2, -0.15) is 0 Å². The number of imidazole rings is 1. The molecule has 0 saturated carbocycles. The van der Waals surface area contributed by atoms with E-state index in [9.17, 15) is 9.59 Å². The molecule has 0 aliphatic carbocycles. The van der Waals surface area contributed by atoms with E-state index in [1.54, 1.807) is 6.20 Å². The van der Waals surface area contributed by atoms with Crippen molar-refractivity contribution in [3.63, 3.8) is 0 Å². The number of fused-ring (bicyclic) bond motifs is 1. The minimum Gasteiger partial charge on any atom is -0.493 e. The van der Waals surface area contributed by atoms with Crippen LogP contribution in [0.2, 0.25) is 0 Å².